The van der Waals surface area contributed by atoms with Crippen molar-refractivity contribution in [2.24, 2.45) is 0 Å². The zero-order valence-corrected chi connectivity index (χ0v) is 16.7. The summed E-state index contributed by atoms with van der Waals surface area (Å²) in [5, 5.41) is 3.20. The molecule has 0 aromatic heterocycles. The molecule has 2 fully saturated rings. The van der Waals surface area contributed by atoms with Gasteiger partial charge in [-0.2, -0.15) is 0 Å². The van der Waals surface area contributed by atoms with E-state index < -0.39 is 0 Å². The van der Waals surface area contributed by atoms with E-state index in [1.54, 1.807) is 6.92 Å². The van der Waals surface area contributed by atoms with Crippen LogP contribution in [0.3, 0.4) is 0 Å². The minimum Gasteiger partial charge on any atom is -0.352 e. The molecule has 2 amide bonds. The van der Waals surface area contributed by atoms with Gasteiger partial charge in [0.1, 0.15) is 0 Å². The van der Waals surface area contributed by atoms with E-state index in [0.29, 0.717) is 18.5 Å². The van der Waals surface area contributed by atoms with Gasteiger partial charge in [0.05, 0.1) is 6.54 Å². The zero-order chi connectivity index (χ0) is 19.2. The predicted octanol–water partition coefficient (Wildman–Crippen LogP) is 2.77. The third-order valence-corrected chi connectivity index (χ3v) is 6.20. The molecule has 0 spiro atoms. The Labute approximate surface area is 163 Å². The average molecular weight is 372 g/mol. The van der Waals surface area contributed by atoms with Gasteiger partial charge in [-0.05, 0) is 50.1 Å². The van der Waals surface area contributed by atoms with Crippen LogP contribution in [0.25, 0.3) is 0 Å². The van der Waals surface area contributed by atoms with E-state index in [-0.39, 0.29) is 17.9 Å². The van der Waals surface area contributed by atoms with Crippen molar-refractivity contribution in [3.05, 3.63) is 35.9 Å². The molecular formula is C22H33N3O2. The van der Waals surface area contributed by atoms with Crippen molar-refractivity contribution in [1.82, 2.24) is 15.1 Å². The molecule has 148 valence electrons. The van der Waals surface area contributed by atoms with Gasteiger partial charge in [-0.25, -0.2) is 0 Å². The van der Waals surface area contributed by atoms with Crippen molar-refractivity contribution in [3.63, 3.8) is 0 Å². The molecule has 1 N–H and O–H groups in total. The van der Waals surface area contributed by atoms with Gasteiger partial charge in [-0.1, -0.05) is 37.3 Å². The molecule has 2 aliphatic heterocycles. The Bertz CT molecular complexity index is 626. The average Bonchev–Trinajstić information content (AvgIpc) is 3.11. The second-order valence-electron chi connectivity index (χ2n) is 7.95. The Morgan fingerprint density at radius 3 is 2.44 bits per heavy atom. The van der Waals surface area contributed by atoms with Crippen LogP contribution < -0.4 is 5.32 Å². The molecule has 0 bridgehead atoms. The summed E-state index contributed by atoms with van der Waals surface area (Å²) in [6.45, 7) is 6.85. The van der Waals surface area contributed by atoms with Crippen LogP contribution in [-0.2, 0) is 9.59 Å². The highest BCUT2D eigenvalue weighted by molar-refractivity contribution is 5.78. The first-order valence-corrected chi connectivity index (χ1v) is 10.4. The molecule has 2 aliphatic rings. The van der Waals surface area contributed by atoms with Crippen molar-refractivity contribution >= 4 is 11.8 Å². The molecule has 5 nitrogen and oxygen atoms in total. The smallest absolute Gasteiger partial charge is 0.234 e. The number of hydrogen-bond donors (Lipinski definition) is 1. The van der Waals surface area contributed by atoms with Crippen LogP contribution in [0.5, 0.6) is 0 Å². The van der Waals surface area contributed by atoms with Crippen LogP contribution in [0, 0.1) is 0 Å². The van der Waals surface area contributed by atoms with Crippen LogP contribution in [0.2, 0.25) is 0 Å². The Balaban J connectivity index is 1.53. The predicted molar refractivity (Wildman–Crippen MR) is 107 cm³/mol. The van der Waals surface area contributed by atoms with E-state index in [2.05, 4.69) is 47.5 Å². The van der Waals surface area contributed by atoms with Gasteiger partial charge in [0.2, 0.25) is 11.8 Å². The minimum absolute atomic E-state index is 0.131. The summed E-state index contributed by atoms with van der Waals surface area (Å²) in [5.74, 6) is 0.748. The van der Waals surface area contributed by atoms with Crippen LogP contribution in [0.15, 0.2) is 30.3 Å². The molecule has 0 unspecified atom stereocenters. The summed E-state index contributed by atoms with van der Waals surface area (Å²) in [4.78, 5) is 28.3. The Morgan fingerprint density at radius 1 is 1.11 bits per heavy atom. The van der Waals surface area contributed by atoms with Gasteiger partial charge >= 0.3 is 0 Å². The monoisotopic (exact) mass is 371 g/mol. The lowest BCUT2D eigenvalue weighted by Crippen LogP contribution is -2.49. The fourth-order valence-corrected chi connectivity index (χ4v) is 4.73. The van der Waals surface area contributed by atoms with Crippen molar-refractivity contribution < 1.29 is 9.59 Å². The van der Waals surface area contributed by atoms with E-state index in [4.69, 9.17) is 0 Å². The van der Waals surface area contributed by atoms with Crippen molar-refractivity contribution in [2.75, 3.05) is 26.2 Å². The summed E-state index contributed by atoms with van der Waals surface area (Å²) < 4.78 is 0. The van der Waals surface area contributed by atoms with Gasteiger partial charge in [-0.3, -0.25) is 14.5 Å². The second-order valence-corrected chi connectivity index (χ2v) is 7.95. The fraction of sp³-hybridized carbons (Fsp3) is 0.636. The van der Waals surface area contributed by atoms with Gasteiger partial charge in [-0.15, -0.1) is 0 Å². The topological polar surface area (TPSA) is 52.7 Å². The number of amides is 2. The van der Waals surface area contributed by atoms with Crippen LogP contribution in [0.4, 0.5) is 0 Å². The number of rotatable bonds is 6. The molecule has 3 rings (SSSR count). The minimum atomic E-state index is 0.131. The third kappa shape index (κ3) is 5.10. The van der Waals surface area contributed by atoms with E-state index in [1.807, 2.05) is 4.90 Å². The lowest BCUT2D eigenvalue weighted by Gasteiger charge is -2.33. The van der Waals surface area contributed by atoms with E-state index in [0.717, 1.165) is 51.7 Å². The molecule has 0 aliphatic carbocycles. The van der Waals surface area contributed by atoms with Crippen molar-refractivity contribution in [2.45, 2.75) is 64.0 Å². The quantitative estimate of drug-likeness (QED) is 0.837. The summed E-state index contributed by atoms with van der Waals surface area (Å²) in [5.41, 5.74) is 1.38. The molecule has 2 atom stereocenters. The van der Waals surface area contributed by atoms with Gasteiger partial charge in [0, 0.05) is 32.1 Å². The normalized spacial score (nSPS) is 22.6. The molecule has 5 heteroatoms. The largest absolute Gasteiger partial charge is 0.352 e. The molecule has 0 saturated carbocycles. The Kier molecular flexibility index (Phi) is 6.89. The summed E-state index contributed by atoms with van der Waals surface area (Å²) >= 11 is 0. The van der Waals surface area contributed by atoms with Crippen molar-refractivity contribution in [1.29, 1.82) is 0 Å². The van der Waals surface area contributed by atoms with Crippen LogP contribution in [0.1, 0.15) is 57.4 Å². The first-order valence-electron chi connectivity index (χ1n) is 10.4. The summed E-state index contributed by atoms with van der Waals surface area (Å²) in [6, 6.07) is 11.4. The maximum absolute atomic E-state index is 12.6. The maximum Gasteiger partial charge on any atom is 0.234 e. The standard InChI is InChI=1S/C22H33N3O2/c1-3-20(18-8-5-4-6-9-18)21-10-7-13-25(21)16-22(27)23-19-11-14-24(15-12-19)17(2)26/h4-6,8-9,19-21H,3,7,10-16H2,1-2H3,(H,23,27)/t20-,21+/m1/s1. The highest BCUT2D eigenvalue weighted by atomic mass is 16.2. The summed E-state index contributed by atoms with van der Waals surface area (Å²) in [7, 11) is 0. The lowest BCUT2D eigenvalue weighted by atomic mass is 9.87. The molecule has 1 aromatic rings. The first kappa shape index (κ1) is 19.9. The van der Waals surface area contributed by atoms with Crippen LogP contribution >= 0.6 is 0 Å². The number of nitrogens with one attached hydrogen (secondary N) is 1. The van der Waals surface area contributed by atoms with Crippen molar-refractivity contribution in [3.8, 4) is 0 Å². The Hall–Kier alpha value is -1.88. The van der Waals surface area contributed by atoms with E-state index in [1.165, 1.54) is 5.56 Å². The number of likely N-dealkylation sites (tertiary alicyclic amines) is 2. The third-order valence-electron chi connectivity index (χ3n) is 6.20. The van der Waals surface area contributed by atoms with Gasteiger partial charge in [0.25, 0.3) is 0 Å². The highest BCUT2D eigenvalue weighted by Gasteiger charge is 2.33. The summed E-state index contributed by atoms with van der Waals surface area (Å²) in [6.07, 6.45) is 5.14. The second kappa shape index (κ2) is 9.36. The maximum atomic E-state index is 12.6. The SMILES string of the molecule is CC[C@H](c1ccccc1)[C@@H]1CCCN1CC(=O)NC1CCN(C(C)=O)CC1. The van der Waals surface area contributed by atoms with Crippen LogP contribution in [-0.4, -0.2) is 59.9 Å². The highest BCUT2D eigenvalue weighted by Crippen LogP contribution is 2.33. The van der Waals surface area contributed by atoms with E-state index in [9.17, 15) is 9.59 Å². The Morgan fingerprint density at radius 2 is 1.81 bits per heavy atom. The van der Waals surface area contributed by atoms with E-state index >= 15 is 0 Å². The first-order chi connectivity index (χ1) is 13.1. The molecular weight excluding hydrogens is 338 g/mol. The number of hydrogen-bond acceptors (Lipinski definition) is 3. The van der Waals surface area contributed by atoms with Gasteiger partial charge in [0.15, 0.2) is 0 Å². The number of carbonyl (C=O) groups is 2. The number of carbonyl (C=O) groups excluding carboxylic acids is 2. The number of nitrogens with zero attached hydrogens (tertiary/aromatic N) is 2. The molecule has 1 aromatic carbocycles. The number of benzene rings is 1. The molecule has 0 radical (unpaired) electrons. The fourth-order valence-electron chi connectivity index (χ4n) is 4.73. The molecule has 2 heterocycles. The molecule has 27 heavy (non-hydrogen) atoms. The lowest BCUT2D eigenvalue weighted by molar-refractivity contribution is -0.130. The molecule has 2 saturated heterocycles. The number of piperidine rings is 1. The van der Waals surface area contributed by atoms with Gasteiger partial charge < -0.3 is 10.2 Å². The zero-order valence-electron chi connectivity index (χ0n) is 16.7.